The molecule has 6 aromatic rings. The van der Waals surface area contributed by atoms with Crippen molar-refractivity contribution in [3.63, 3.8) is 0 Å². The van der Waals surface area contributed by atoms with Crippen molar-refractivity contribution in [1.82, 2.24) is 0 Å². The third-order valence-electron chi connectivity index (χ3n) is 7.28. The molecule has 0 aliphatic rings. The van der Waals surface area contributed by atoms with Crippen molar-refractivity contribution in [3.8, 4) is 11.1 Å². The Morgan fingerprint density at radius 1 is 0.417 bits per heavy atom. The van der Waals surface area contributed by atoms with E-state index in [1.807, 2.05) is 0 Å². The van der Waals surface area contributed by atoms with Gasteiger partial charge in [-0.1, -0.05) is 84.9 Å². The van der Waals surface area contributed by atoms with E-state index in [1.165, 1.54) is 60.7 Å². The van der Waals surface area contributed by atoms with Crippen LogP contribution in [0.15, 0.2) is 121 Å². The van der Waals surface area contributed by atoms with Crippen molar-refractivity contribution < 1.29 is 0 Å². The molecule has 1 heteroatoms. The SMILES string of the molecule is Cc1ccccc1-c1cccc(N(c2ccc3cc4ccccc4cc3c2)c2ccccc2C)c1C. The van der Waals surface area contributed by atoms with Crippen LogP contribution in [0, 0.1) is 20.8 Å². The van der Waals surface area contributed by atoms with Crippen LogP contribution in [0.2, 0.25) is 0 Å². The van der Waals surface area contributed by atoms with Crippen LogP contribution in [-0.4, -0.2) is 0 Å². The average Bonchev–Trinajstić information content (AvgIpc) is 2.90. The van der Waals surface area contributed by atoms with Gasteiger partial charge in [-0.3, -0.25) is 0 Å². The van der Waals surface area contributed by atoms with Crippen molar-refractivity contribution in [2.75, 3.05) is 4.90 Å². The largest absolute Gasteiger partial charge is 0.310 e. The van der Waals surface area contributed by atoms with Crippen LogP contribution in [0.5, 0.6) is 0 Å². The molecular weight excluding hydrogens is 434 g/mol. The van der Waals surface area contributed by atoms with Crippen molar-refractivity contribution in [2.24, 2.45) is 0 Å². The lowest BCUT2D eigenvalue weighted by atomic mass is 9.94. The molecule has 0 unspecified atom stereocenters. The Bertz CT molecular complexity index is 1730. The van der Waals surface area contributed by atoms with E-state index in [0.717, 1.165) is 5.69 Å². The highest BCUT2D eigenvalue weighted by atomic mass is 15.1. The van der Waals surface area contributed by atoms with Crippen LogP contribution >= 0.6 is 0 Å². The molecular formula is C35H29N. The van der Waals surface area contributed by atoms with Gasteiger partial charge in [0.1, 0.15) is 0 Å². The fourth-order valence-electron chi connectivity index (χ4n) is 5.32. The van der Waals surface area contributed by atoms with Crippen LogP contribution in [0.3, 0.4) is 0 Å². The molecule has 0 saturated heterocycles. The van der Waals surface area contributed by atoms with Crippen LogP contribution in [0.25, 0.3) is 32.7 Å². The maximum absolute atomic E-state index is 2.42. The lowest BCUT2D eigenvalue weighted by Crippen LogP contribution is -2.13. The number of fused-ring (bicyclic) bond motifs is 2. The summed E-state index contributed by atoms with van der Waals surface area (Å²) < 4.78 is 0. The number of aryl methyl sites for hydroxylation is 2. The number of para-hydroxylation sites is 1. The second-order valence-electron chi connectivity index (χ2n) is 9.62. The number of nitrogens with zero attached hydrogens (tertiary/aromatic N) is 1. The van der Waals surface area contributed by atoms with Gasteiger partial charge in [-0.25, -0.2) is 0 Å². The standard InChI is InChI=1S/C35H29N/c1-24-11-4-8-15-32(24)33-16-10-18-35(26(33)3)36(34-17-9-5-12-25(34)2)31-20-19-29-21-27-13-6-7-14-28(27)22-30(29)23-31/h4-23H,1-3H3. The minimum atomic E-state index is 1.16. The summed E-state index contributed by atoms with van der Waals surface area (Å²) in [5, 5.41) is 5.04. The number of rotatable bonds is 4. The van der Waals surface area contributed by atoms with E-state index in [4.69, 9.17) is 0 Å². The van der Waals surface area contributed by atoms with Crippen LogP contribution in [-0.2, 0) is 0 Å². The smallest absolute Gasteiger partial charge is 0.0497 e. The van der Waals surface area contributed by atoms with Crippen molar-refractivity contribution in [2.45, 2.75) is 20.8 Å². The fraction of sp³-hybridized carbons (Fsp3) is 0.0857. The Kier molecular flexibility index (Phi) is 5.54. The first-order chi connectivity index (χ1) is 17.6. The van der Waals surface area contributed by atoms with Gasteiger partial charge in [-0.05, 0) is 107 Å². The third-order valence-corrected chi connectivity index (χ3v) is 7.28. The zero-order chi connectivity index (χ0) is 24.6. The van der Waals surface area contributed by atoms with E-state index in [0.29, 0.717) is 0 Å². The van der Waals surface area contributed by atoms with E-state index in [1.54, 1.807) is 0 Å². The van der Waals surface area contributed by atoms with Gasteiger partial charge in [0.25, 0.3) is 0 Å². The second-order valence-corrected chi connectivity index (χ2v) is 9.62. The molecule has 0 radical (unpaired) electrons. The van der Waals surface area contributed by atoms with E-state index < -0.39 is 0 Å². The molecule has 0 spiro atoms. The summed E-state index contributed by atoms with van der Waals surface area (Å²) in [5.74, 6) is 0. The Morgan fingerprint density at radius 2 is 1.00 bits per heavy atom. The maximum atomic E-state index is 2.42. The Labute approximate surface area is 213 Å². The van der Waals surface area contributed by atoms with Crippen molar-refractivity contribution in [3.05, 3.63) is 138 Å². The van der Waals surface area contributed by atoms with Crippen molar-refractivity contribution in [1.29, 1.82) is 0 Å². The summed E-state index contributed by atoms with van der Waals surface area (Å²) in [4.78, 5) is 2.42. The van der Waals surface area contributed by atoms with E-state index >= 15 is 0 Å². The van der Waals surface area contributed by atoms with E-state index in [-0.39, 0.29) is 0 Å². The first-order valence-electron chi connectivity index (χ1n) is 12.5. The molecule has 1 nitrogen and oxygen atoms in total. The Morgan fingerprint density at radius 3 is 1.75 bits per heavy atom. The van der Waals surface area contributed by atoms with Gasteiger partial charge in [-0.15, -0.1) is 0 Å². The maximum Gasteiger partial charge on any atom is 0.0497 e. The monoisotopic (exact) mass is 463 g/mol. The van der Waals surface area contributed by atoms with Crippen LogP contribution in [0.4, 0.5) is 17.1 Å². The molecule has 36 heavy (non-hydrogen) atoms. The minimum Gasteiger partial charge on any atom is -0.310 e. The minimum absolute atomic E-state index is 1.16. The molecule has 0 amide bonds. The normalized spacial score (nSPS) is 11.2. The Hall–Kier alpha value is -4.36. The summed E-state index contributed by atoms with van der Waals surface area (Å²) in [7, 11) is 0. The van der Waals surface area contributed by atoms with E-state index in [2.05, 4.69) is 147 Å². The highest BCUT2D eigenvalue weighted by molar-refractivity contribution is 6.00. The summed E-state index contributed by atoms with van der Waals surface area (Å²) in [6.45, 7) is 6.63. The molecule has 0 aromatic heterocycles. The first-order valence-corrected chi connectivity index (χ1v) is 12.5. The number of benzene rings is 6. The highest BCUT2D eigenvalue weighted by Crippen LogP contribution is 2.42. The lowest BCUT2D eigenvalue weighted by Gasteiger charge is -2.29. The number of hydrogen-bond donors (Lipinski definition) is 0. The average molecular weight is 464 g/mol. The molecule has 0 fully saturated rings. The zero-order valence-corrected chi connectivity index (χ0v) is 21.0. The molecule has 6 rings (SSSR count). The number of anilines is 3. The van der Waals surface area contributed by atoms with Gasteiger partial charge in [0.15, 0.2) is 0 Å². The van der Waals surface area contributed by atoms with Crippen LogP contribution < -0.4 is 4.90 Å². The summed E-state index contributed by atoms with van der Waals surface area (Å²) in [5.41, 5.74) is 9.93. The second kappa shape index (κ2) is 9.02. The quantitative estimate of drug-likeness (QED) is 0.235. The number of hydrogen-bond acceptors (Lipinski definition) is 1. The zero-order valence-electron chi connectivity index (χ0n) is 21.0. The molecule has 0 heterocycles. The molecule has 0 atom stereocenters. The van der Waals surface area contributed by atoms with Gasteiger partial charge in [0.2, 0.25) is 0 Å². The Balaban J connectivity index is 1.59. The summed E-state index contributed by atoms with van der Waals surface area (Å²) in [6, 6.07) is 44.0. The van der Waals surface area contributed by atoms with Gasteiger partial charge < -0.3 is 4.90 Å². The summed E-state index contributed by atoms with van der Waals surface area (Å²) in [6.07, 6.45) is 0. The van der Waals surface area contributed by atoms with Gasteiger partial charge in [-0.2, -0.15) is 0 Å². The highest BCUT2D eigenvalue weighted by Gasteiger charge is 2.19. The third kappa shape index (κ3) is 3.83. The molecule has 0 aliphatic heterocycles. The lowest BCUT2D eigenvalue weighted by molar-refractivity contribution is 1.23. The van der Waals surface area contributed by atoms with Crippen LogP contribution in [0.1, 0.15) is 16.7 Å². The predicted octanol–water partition coefficient (Wildman–Crippen LogP) is 10.1. The van der Waals surface area contributed by atoms with Gasteiger partial charge >= 0.3 is 0 Å². The molecule has 174 valence electrons. The topological polar surface area (TPSA) is 3.24 Å². The molecule has 0 bridgehead atoms. The van der Waals surface area contributed by atoms with E-state index in [9.17, 15) is 0 Å². The summed E-state index contributed by atoms with van der Waals surface area (Å²) >= 11 is 0. The molecule has 0 saturated carbocycles. The molecule has 0 N–H and O–H groups in total. The van der Waals surface area contributed by atoms with Gasteiger partial charge in [0, 0.05) is 17.1 Å². The fourth-order valence-corrected chi connectivity index (χ4v) is 5.32. The van der Waals surface area contributed by atoms with Crippen molar-refractivity contribution >= 4 is 38.6 Å². The first kappa shape index (κ1) is 22.1. The predicted molar refractivity (Wildman–Crippen MR) is 156 cm³/mol. The molecule has 6 aromatic carbocycles. The van der Waals surface area contributed by atoms with Gasteiger partial charge in [0.05, 0.1) is 0 Å². The molecule has 0 aliphatic carbocycles.